The van der Waals surface area contributed by atoms with Crippen molar-refractivity contribution in [3.8, 4) is 0 Å². The fraction of sp³-hybridized carbons (Fsp3) is 0. The van der Waals surface area contributed by atoms with Crippen LogP contribution in [0.2, 0.25) is 5.02 Å². The lowest BCUT2D eigenvalue weighted by Crippen LogP contribution is -1.84. The third-order valence-electron chi connectivity index (χ3n) is 1.98. The summed E-state index contributed by atoms with van der Waals surface area (Å²) in [5, 5.41) is 14.9. The van der Waals surface area contributed by atoms with Crippen molar-refractivity contribution in [3.05, 3.63) is 62.1 Å². The number of nitrogens with zero attached hydrogens (tertiary/aromatic N) is 3. The Hall–Kier alpha value is -1.57. The second-order valence-corrected chi connectivity index (χ2v) is 5.05. The van der Waals surface area contributed by atoms with Crippen LogP contribution in [0.3, 0.4) is 0 Å². The van der Waals surface area contributed by atoms with E-state index in [1.54, 1.807) is 35.4 Å². The van der Waals surface area contributed by atoms with Gasteiger partial charge in [-0.3, -0.25) is 0 Å². The van der Waals surface area contributed by atoms with Crippen molar-refractivity contribution in [1.82, 2.24) is 9.55 Å². The van der Waals surface area contributed by atoms with Crippen LogP contribution in [0.15, 0.2) is 41.4 Å². The molecule has 0 saturated carbocycles. The SMILES string of the molecule is Cl/C(=C\n1ccnc1)c1ccc(Cl)cc1Br.O=[N+]([O-])O. The van der Waals surface area contributed by atoms with Crippen molar-refractivity contribution < 1.29 is 10.3 Å². The van der Waals surface area contributed by atoms with Gasteiger partial charge in [0.25, 0.3) is 5.09 Å². The highest BCUT2D eigenvalue weighted by atomic mass is 79.9. The van der Waals surface area contributed by atoms with Gasteiger partial charge in [0.05, 0.1) is 11.4 Å². The Balaban J connectivity index is 0.000000444. The first kappa shape index (κ1) is 16.5. The van der Waals surface area contributed by atoms with Crippen LogP contribution < -0.4 is 0 Å². The lowest BCUT2D eigenvalue weighted by atomic mass is 10.2. The molecule has 1 aromatic heterocycles. The van der Waals surface area contributed by atoms with Crippen molar-refractivity contribution in [3.63, 3.8) is 0 Å². The highest BCUT2D eigenvalue weighted by molar-refractivity contribution is 9.10. The van der Waals surface area contributed by atoms with E-state index in [4.69, 9.17) is 38.5 Å². The Labute approximate surface area is 132 Å². The van der Waals surface area contributed by atoms with Gasteiger partial charge in [-0.2, -0.15) is 0 Å². The second-order valence-electron chi connectivity index (χ2n) is 3.35. The van der Waals surface area contributed by atoms with Gasteiger partial charge in [0.15, 0.2) is 0 Å². The molecule has 1 aromatic carbocycles. The summed E-state index contributed by atoms with van der Waals surface area (Å²) in [6.45, 7) is 0. The lowest BCUT2D eigenvalue weighted by molar-refractivity contribution is -0.742. The number of imidazole rings is 1. The van der Waals surface area contributed by atoms with Crippen LogP contribution in [-0.2, 0) is 0 Å². The van der Waals surface area contributed by atoms with Gasteiger partial charge in [-0.05, 0) is 12.1 Å². The molecule has 0 amide bonds. The highest BCUT2D eigenvalue weighted by Crippen LogP contribution is 2.30. The Morgan fingerprint density at radius 1 is 1.55 bits per heavy atom. The van der Waals surface area contributed by atoms with E-state index in [0.29, 0.717) is 10.1 Å². The summed E-state index contributed by atoms with van der Waals surface area (Å²) in [5.41, 5.74) is 0.889. The van der Waals surface area contributed by atoms with Crippen molar-refractivity contribution in [2.75, 3.05) is 0 Å². The minimum atomic E-state index is -1.50. The molecule has 1 heterocycles. The smallest absolute Gasteiger partial charge is 0.291 e. The largest absolute Gasteiger partial charge is 0.328 e. The van der Waals surface area contributed by atoms with Crippen LogP contribution in [0.5, 0.6) is 0 Å². The monoisotopic (exact) mass is 379 g/mol. The average Bonchev–Trinajstić information content (AvgIpc) is 2.80. The van der Waals surface area contributed by atoms with E-state index in [0.717, 1.165) is 10.0 Å². The standard InChI is InChI=1S/C11H7BrCl2N2.HNO3/c12-10-5-8(13)1-2-9(10)11(14)6-16-4-3-15-7-16;2-1(3)4/h1-7H;(H,2,3,4)/b11-6-;. The Morgan fingerprint density at radius 3 is 2.70 bits per heavy atom. The molecular formula is C11H8BrCl2N3O3. The highest BCUT2D eigenvalue weighted by Gasteiger charge is 2.04. The topological polar surface area (TPSA) is 81.2 Å². The third-order valence-corrected chi connectivity index (χ3v) is 3.17. The van der Waals surface area contributed by atoms with Crippen molar-refractivity contribution >= 4 is 50.4 Å². The van der Waals surface area contributed by atoms with E-state index in [1.165, 1.54) is 0 Å². The normalized spacial score (nSPS) is 10.7. The molecule has 0 bridgehead atoms. The molecule has 0 spiro atoms. The van der Waals surface area contributed by atoms with Gasteiger partial charge in [0.2, 0.25) is 0 Å². The zero-order valence-electron chi connectivity index (χ0n) is 9.78. The fourth-order valence-corrected chi connectivity index (χ4v) is 2.52. The van der Waals surface area contributed by atoms with E-state index in [-0.39, 0.29) is 0 Å². The second kappa shape index (κ2) is 7.88. The average molecular weight is 381 g/mol. The minimum absolute atomic E-state index is 0.613. The number of hydrogen-bond donors (Lipinski definition) is 1. The molecule has 0 aliphatic carbocycles. The zero-order valence-corrected chi connectivity index (χ0v) is 12.9. The fourth-order valence-electron chi connectivity index (χ4n) is 1.23. The number of aromatic nitrogens is 2. The zero-order chi connectivity index (χ0) is 15.1. The van der Waals surface area contributed by atoms with Crippen molar-refractivity contribution in [2.45, 2.75) is 0 Å². The summed E-state index contributed by atoms with van der Waals surface area (Å²) >= 11 is 15.5. The maximum absolute atomic E-state index is 8.36. The molecule has 0 aliphatic rings. The number of hydrogen-bond acceptors (Lipinski definition) is 3. The molecular weight excluding hydrogens is 373 g/mol. The predicted molar refractivity (Wildman–Crippen MR) is 80.2 cm³/mol. The first-order valence-corrected chi connectivity index (χ1v) is 6.58. The lowest BCUT2D eigenvalue weighted by Gasteiger charge is -2.03. The maximum atomic E-state index is 8.36. The summed E-state index contributed by atoms with van der Waals surface area (Å²) in [6.07, 6.45) is 6.96. The number of rotatable bonds is 2. The van der Waals surface area contributed by atoms with Gasteiger partial charge in [-0.15, -0.1) is 10.1 Å². The van der Waals surface area contributed by atoms with Crippen LogP contribution in [0.25, 0.3) is 11.2 Å². The van der Waals surface area contributed by atoms with Crippen LogP contribution in [-0.4, -0.2) is 19.8 Å². The molecule has 0 saturated heterocycles. The van der Waals surface area contributed by atoms with Crippen LogP contribution in [0.1, 0.15) is 5.56 Å². The van der Waals surface area contributed by atoms with Gasteiger partial charge >= 0.3 is 0 Å². The molecule has 0 unspecified atom stereocenters. The number of benzene rings is 1. The van der Waals surface area contributed by atoms with E-state index in [9.17, 15) is 0 Å². The molecule has 0 atom stereocenters. The molecule has 20 heavy (non-hydrogen) atoms. The van der Waals surface area contributed by atoms with Gasteiger partial charge in [-0.25, -0.2) is 4.98 Å². The quantitative estimate of drug-likeness (QED) is 0.626. The van der Waals surface area contributed by atoms with E-state index in [2.05, 4.69) is 20.9 Å². The van der Waals surface area contributed by atoms with Gasteiger partial charge < -0.3 is 9.77 Å². The van der Waals surface area contributed by atoms with Gasteiger partial charge in [0, 0.05) is 33.7 Å². The first-order valence-electron chi connectivity index (χ1n) is 5.03. The summed E-state index contributed by atoms with van der Waals surface area (Å²) in [7, 11) is 0. The molecule has 0 fully saturated rings. The molecule has 2 rings (SSSR count). The summed E-state index contributed by atoms with van der Waals surface area (Å²) in [4.78, 5) is 12.3. The molecule has 0 aliphatic heterocycles. The van der Waals surface area contributed by atoms with E-state index < -0.39 is 5.09 Å². The summed E-state index contributed by atoms with van der Waals surface area (Å²) < 4.78 is 2.64. The molecule has 1 N–H and O–H groups in total. The van der Waals surface area contributed by atoms with Crippen molar-refractivity contribution in [1.29, 1.82) is 0 Å². The van der Waals surface area contributed by atoms with E-state index >= 15 is 0 Å². The summed E-state index contributed by atoms with van der Waals surface area (Å²) in [6, 6.07) is 5.47. The van der Waals surface area contributed by atoms with Crippen LogP contribution in [0.4, 0.5) is 0 Å². The number of halogens is 3. The van der Waals surface area contributed by atoms with Crippen LogP contribution >= 0.6 is 39.1 Å². The van der Waals surface area contributed by atoms with Crippen molar-refractivity contribution in [2.24, 2.45) is 0 Å². The molecule has 6 nitrogen and oxygen atoms in total. The Kier molecular flexibility index (Phi) is 6.50. The molecule has 106 valence electrons. The molecule has 2 aromatic rings. The van der Waals surface area contributed by atoms with Gasteiger partial charge in [0.1, 0.15) is 0 Å². The molecule has 9 heteroatoms. The minimum Gasteiger partial charge on any atom is -0.328 e. The Morgan fingerprint density at radius 2 is 2.20 bits per heavy atom. The Bertz CT molecular complexity index is 613. The van der Waals surface area contributed by atoms with Gasteiger partial charge in [-0.1, -0.05) is 45.2 Å². The maximum Gasteiger partial charge on any atom is 0.291 e. The van der Waals surface area contributed by atoms with Crippen LogP contribution in [0, 0.1) is 10.1 Å². The van der Waals surface area contributed by atoms with E-state index in [1.807, 2.05) is 12.3 Å². The first-order chi connectivity index (χ1) is 9.40. The summed E-state index contributed by atoms with van der Waals surface area (Å²) in [5.74, 6) is 0. The predicted octanol–water partition coefficient (Wildman–Crippen LogP) is 4.15. The third kappa shape index (κ3) is 5.60. The molecule has 0 radical (unpaired) electrons.